The average Bonchev–Trinajstić information content (AvgIpc) is 2.86. The van der Waals surface area contributed by atoms with Gasteiger partial charge in [0.05, 0.1) is 11.0 Å². The first-order chi connectivity index (χ1) is 11.5. The van der Waals surface area contributed by atoms with Gasteiger partial charge in [0.1, 0.15) is 5.82 Å². The lowest BCUT2D eigenvalue weighted by atomic mass is 10.3. The van der Waals surface area contributed by atoms with Gasteiger partial charge in [-0.3, -0.25) is 10.1 Å². The van der Waals surface area contributed by atoms with Gasteiger partial charge >= 0.3 is 0 Å². The van der Waals surface area contributed by atoms with Crippen LogP contribution in [0, 0.1) is 6.92 Å². The van der Waals surface area contributed by atoms with Gasteiger partial charge in [-0.1, -0.05) is 12.1 Å². The van der Waals surface area contributed by atoms with Crippen LogP contribution in [0.5, 0.6) is 0 Å². The third-order valence-corrected chi connectivity index (χ3v) is 3.38. The summed E-state index contributed by atoms with van der Waals surface area (Å²) in [5.41, 5.74) is 3.05. The maximum absolute atomic E-state index is 8.36. The van der Waals surface area contributed by atoms with E-state index < -0.39 is 0 Å². The van der Waals surface area contributed by atoms with E-state index in [0.717, 1.165) is 28.4 Å². The predicted molar refractivity (Wildman–Crippen MR) is 93.8 cm³/mol. The first-order valence-electron chi connectivity index (χ1n) is 7.25. The molecule has 126 valence electrons. The minimum Gasteiger partial charge on any atom is -0.483 e. The fourth-order valence-corrected chi connectivity index (χ4v) is 2.30. The molecule has 8 nitrogen and oxygen atoms in total. The van der Waals surface area contributed by atoms with Crippen LogP contribution in [0.4, 0.5) is 17.7 Å². The Bertz CT molecular complexity index is 844. The zero-order chi connectivity index (χ0) is 17.7. The largest absolute Gasteiger partial charge is 0.483 e. The van der Waals surface area contributed by atoms with Crippen LogP contribution in [0.25, 0.3) is 11.0 Å². The first kappa shape index (κ1) is 17.2. The van der Waals surface area contributed by atoms with Crippen LogP contribution in [-0.4, -0.2) is 45.2 Å². The second-order valence-electron chi connectivity index (χ2n) is 5.31. The van der Waals surface area contributed by atoms with E-state index in [1.807, 2.05) is 68.0 Å². The first-order valence-corrected chi connectivity index (χ1v) is 7.25. The molecule has 3 aromatic rings. The van der Waals surface area contributed by atoms with Crippen molar-refractivity contribution < 1.29 is 9.90 Å². The Labute approximate surface area is 139 Å². The van der Waals surface area contributed by atoms with Crippen molar-refractivity contribution in [2.24, 2.45) is 7.05 Å². The standard InChI is InChI=1S/C15H18N6.CH2O2/c1-10-9-16-14(18-13(10)20(2)3)19-15-17-11-7-5-6-8-12(11)21(15)4;2-1-3/h5-9H,1-4H3,(H,16,17,18,19);1H,(H,2,3). The van der Waals surface area contributed by atoms with E-state index in [4.69, 9.17) is 9.90 Å². The van der Waals surface area contributed by atoms with Gasteiger partial charge in [-0.05, 0) is 19.1 Å². The molecule has 0 aliphatic heterocycles. The molecule has 1 aromatic carbocycles. The van der Waals surface area contributed by atoms with E-state index in [9.17, 15) is 0 Å². The van der Waals surface area contributed by atoms with Crippen molar-refractivity contribution in [3.63, 3.8) is 0 Å². The van der Waals surface area contributed by atoms with Gasteiger partial charge in [0.2, 0.25) is 11.9 Å². The lowest BCUT2D eigenvalue weighted by Gasteiger charge is -2.15. The second-order valence-corrected chi connectivity index (χ2v) is 5.31. The smallest absolute Gasteiger partial charge is 0.290 e. The van der Waals surface area contributed by atoms with Crippen LogP contribution in [0.3, 0.4) is 0 Å². The van der Waals surface area contributed by atoms with Crippen molar-refractivity contribution in [2.45, 2.75) is 6.92 Å². The lowest BCUT2D eigenvalue weighted by molar-refractivity contribution is -0.122. The Kier molecular flexibility index (Phi) is 5.31. The highest BCUT2D eigenvalue weighted by Gasteiger charge is 2.10. The average molecular weight is 328 g/mol. The van der Waals surface area contributed by atoms with Gasteiger partial charge in [-0.2, -0.15) is 4.98 Å². The number of aryl methyl sites for hydroxylation is 2. The lowest BCUT2D eigenvalue weighted by Crippen LogP contribution is -2.14. The monoisotopic (exact) mass is 328 g/mol. The summed E-state index contributed by atoms with van der Waals surface area (Å²) in [6.07, 6.45) is 1.81. The van der Waals surface area contributed by atoms with Gasteiger partial charge in [-0.25, -0.2) is 9.97 Å². The molecule has 0 aliphatic rings. The van der Waals surface area contributed by atoms with Crippen LogP contribution in [0.15, 0.2) is 30.5 Å². The molecule has 0 saturated heterocycles. The van der Waals surface area contributed by atoms with Gasteiger partial charge in [0, 0.05) is 32.9 Å². The van der Waals surface area contributed by atoms with Crippen LogP contribution < -0.4 is 10.2 Å². The van der Waals surface area contributed by atoms with Crippen LogP contribution >= 0.6 is 0 Å². The number of hydrogen-bond acceptors (Lipinski definition) is 6. The molecule has 8 heteroatoms. The molecule has 0 atom stereocenters. The molecule has 3 rings (SSSR count). The molecular formula is C16H20N6O2. The van der Waals surface area contributed by atoms with Crippen LogP contribution in [0.2, 0.25) is 0 Å². The van der Waals surface area contributed by atoms with Crippen molar-refractivity contribution in [1.29, 1.82) is 0 Å². The summed E-state index contributed by atoms with van der Waals surface area (Å²) < 4.78 is 1.99. The third kappa shape index (κ3) is 3.60. The summed E-state index contributed by atoms with van der Waals surface area (Å²) in [5, 5.41) is 10.1. The molecular weight excluding hydrogens is 308 g/mol. The third-order valence-electron chi connectivity index (χ3n) is 3.38. The zero-order valence-corrected chi connectivity index (χ0v) is 14.1. The Hall–Kier alpha value is -3.16. The van der Waals surface area contributed by atoms with Gasteiger partial charge < -0.3 is 14.6 Å². The minimum atomic E-state index is -0.250. The summed E-state index contributed by atoms with van der Waals surface area (Å²) in [5.74, 6) is 2.17. The Balaban J connectivity index is 0.000000647. The number of nitrogens with one attached hydrogen (secondary N) is 1. The highest BCUT2D eigenvalue weighted by molar-refractivity contribution is 5.79. The molecule has 0 fully saturated rings. The number of fused-ring (bicyclic) bond motifs is 1. The van der Waals surface area contributed by atoms with Crippen molar-refractivity contribution >= 4 is 35.2 Å². The number of aromatic nitrogens is 4. The number of carboxylic acid groups (broad SMARTS) is 1. The van der Waals surface area contributed by atoms with Crippen molar-refractivity contribution in [3.8, 4) is 0 Å². The minimum absolute atomic E-state index is 0.250. The molecule has 0 radical (unpaired) electrons. The summed E-state index contributed by atoms with van der Waals surface area (Å²) in [7, 11) is 5.90. The van der Waals surface area contributed by atoms with Crippen molar-refractivity contribution in [2.75, 3.05) is 24.3 Å². The fourth-order valence-electron chi connectivity index (χ4n) is 2.30. The summed E-state index contributed by atoms with van der Waals surface area (Å²) in [4.78, 5) is 23.7. The summed E-state index contributed by atoms with van der Waals surface area (Å²) in [6, 6.07) is 8.00. The Morgan fingerprint density at radius 3 is 2.54 bits per heavy atom. The van der Waals surface area contributed by atoms with E-state index in [2.05, 4.69) is 20.3 Å². The maximum Gasteiger partial charge on any atom is 0.290 e. The van der Waals surface area contributed by atoms with Gasteiger partial charge in [0.25, 0.3) is 6.47 Å². The normalized spacial score (nSPS) is 10.0. The molecule has 2 aromatic heterocycles. The fraction of sp³-hybridized carbons (Fsp3) is 0.250. The molecule has 2 N–H and O–H groups in total. The topological polar surface area (TPSA) is 96.2 Å². The van der Waals surface area contributed by atoms with E-state index in [1.54, 1.807) is 0 Å². The molecule has 0 amide bonds. The number of nitrogens with zero attached hydrogens (tertiary/aromatic N) is 5. The van der Waals surface area contributed by atoms with E-state index in [0.29, 0.717) is 5.95 Å². The van der Waals surface area contributed by atoms with Crippen molar-refractivity contribution in [1.82, 2.24) is 19.5 Å². The van der Waals surface area contributed by atoms with E-state index in [1.165, 1.54) is 0 Å². The van der Waals surface area contributed by atoms with Gasteiger partial charge in [-0.15, -0.1) is 0 Å². The number of rotatable bonds is 3. The number of benzene rings is 1. The van der Waals surface area contributed by atoms with Crippen LogP contribution in [0.1, 0.15) is 5.56 Å². The molecule has 0 saturated carbocycles. The number of carbonyl (C=O) groups is 1. The Morgan fingerprint density at radius 1 is 1.25 bits per heavy atom. The number of hydrogen-bond donors (Lipinski definition) is 2. The molecule has 24 heavy (non-hydrogen) atoms. The quantitative estimate of drug-likeness (QED) is 0.711. The Morgan fingerprint density at radius 2 is 1.92 bits per heavy atom. The molecule has 0 spiro atoms. The second kappa shape index (κ2) is 7.40. The molecule has 0 bridgehead atoms. The van der Waals surface area contributed by atoms with Crippen molar-refractivity contribution in [3.05, 3.63) is 36.0 Å². The zero-order valence-electron chi connectivity index (χ0n) is 14.1. The molecule has 0 aliphatic carbocycles. The highest BCUT2D eigenvalue weighted by Crippen LogP contribution is 2.21. The number of para-hydroxylation sites is 2. The number of anilines is 3. The summed E-state index contributed by atoms with van der Waals surface area (Å²) >= 11 is 0. The van der Waals surface area contributed by atoms with Crippen LogP contribution in [-0.2, 0) is 11.8 Å². The SMILES string of the molecule is Cc1cnc(Nc2nc3ccccc3n2C)nc1N(C)C.O=CO. The summed E-state index contributed by atoms with van der Waals surface area (Å²) in [6.45, 7) is 1.74. The molecule has 0 unspecified atom stereocenters. The van der Waals surface area contributed by atoms with Gasteiger partial charge in [0.15, 0.2) is 0 Å². The van der Waals surface area contributed by atoms with E-state index in [-0.39, 0.29) is 6.47 Å². The maximum atomic E-state index is 8.36. The number of imidazole rings is 1. The van der Waals surface area contributed by atoms with E-state index >= 15 is 0 Å². The highest BCUT2D eigenvalue weighted by atomic mass is 16.3. The molecule has 2 heterocycles. The predicted octanol–water partition coefficient (Wildman–Crippen LogP) is 2.18.